The molecule has 0 saturated heterocycles. The lowest BCUT2D eigenvalue weighted by Gasteiger charge is -2.24. The van der Waals surface area contributed by atoms with Crippen LogP contribution in [0.15, 0.2) is 48.5 Å². The lowest BCUT2D eigenvalue weighted by atomic mass is 9.92. The van der Waals surface area contributed by atoms with Gasteiger partial charge < -0.3 is 11.1 Å². The molecule has 0 radical (unpaired) electrons. The van der Waals surface area contributed by atoms with Gasteiger partial charge in [0.25, 0.3) is 0 Å². The number of nitrogens with two attached hydrogens (primary N) is 1. The summed E-state index contributed by atoms with van der Waals surface area (Å²) in [4.78, 5) is 12.3. The highest BCUT2D eigenvalue weighted by atomic mass is 35.5. The highest BCUT2D eigenvalue weighted by Crippen LogP contribution is 2.23. The molecule has 5 heteroatoms. The molecule has 2 aromatic carbocycles. The van der Waals surface area contributed by atoms with Gasteiger partial charge in [0.2, 0.25) is 5.91 Å². The van der Waals surface area contributed by atoms with Crippen molar-refractivity contribution in [2.45, 2.75) is 12.5 Å². The average Bonchev–Trinajstić information content (AvgIpc) is 2.43. The van der Waals surface area contributed by atoms with Crippen molar-refractivity contribution in [1.29, 1.82) is 0 Å². The van der Waals surface area contributed by atoms with Crippen molar-refractivity contribution >= 4 is 23.2 Å². The van der Waals surface area contributed by atoms with Crippen LogP contribution in [0.2, 0.25) is 5.02 Å². The van der Waals surface area contributed by atoms with Crippen molar-refractivity contribution in [2.24, 2.45) is 5.73 Å². The Morgan fingerprint density at radius 1 is 1.25 bits per heavy atom. The van der Waals surface area contributed by atoms with Crippen molar-refractivity contribution in [3.05, 3.63) is 64.9 Å². The van der Waals surface area contributed by atoms with Crippen molar-refractivity contribution in [3.8, 4) is 0 Å². The molecule has 0 heterocycles. The molecule has 1 amide bonds. The minimum atomic E-state index is -1.27. The van der Waals surface area contributed by atoms with Crippen LogP contribution < -0.4 is 11.1 Å². The van der Waals surface area contributed by atoms with E-state index in [0.717, 1.165) is 0 Å². The number of halogens is 2. The van der Waals surface area contributed by atoms with E-state index in [1.165, 1.54) is 18.2 Å². The zero-order valence-corrected chi connectivity index (χ0v) is 11.6. The molecule has 0 spiro atoms. The molecule has 1 atom stereocenters. The van der Waals surface area contributed by atoms with Crippen LogP contribution in [0.4, 0.5) is 10.1 Å². The van der Waals surface area contributed by atoms with Crippen molar-refractivity contribution in [1.82, 2.24) is 0 Å². The topological polar surface area (TPSA) is 55.1 Å². The maximum Gasteiger partial charge on any atom is 0.248 e. The highest BCUT2D eigenvalue weighted by molar-refractivity contribution is 6.30. The number of rotatable bonds is 3. The second-order valence-electron chi connectivity index (χ2n) is 4.65. The summed E-state index contributed by atoms with van der Waals surface area (Å²) in [5, 5.41) is 2.80. The van der Waals surface area contributed by atoms with Crippen LogP contribution in [0.25, 0.3) is 0 Å². The molecule has 20 heavy (non-hydrogen) atoms. The van der Waals surface area contributed by atoms with Crippen LogP contribution >= 0.6 is 11.6 Å². The number of hydrogen-bond acceptors (Lipinski definition) is 2. The van der Waals surface area contributed by atoms with E-state index in [1.807, 2.05) is 6.07 Å². The summed E-state index contributed by atoms with van der Waals surface area (Å²) in [7, 11) is 0. The Morgan fingerprint density at radius 3 is 2.55 bits per heavy atom. The van der Waals surface area contributed by atoms with E-state index in [1.54, 1.807) is 31.2 Å². The third-order valence-corrected chi connectivity index (χ3v) is 3.26. The van der Waals surface area contributed by atoms with Gasteiger partial charge in [-0.05, 0) is 30.7 Å². The zero-order valence-electron chi connectivity index (χ0n) is 10.9. The van der Waals surface area contributed by atoms with Crippen LogP contribution in [0.3, 0.4) is 0 Å². The van der Waals surface area contributed by atoms with E-state index in [0.29, 0.717) is 10.6 Å². The summed E-state index contributed by atoms with van der Waals surface area (Å²) in [5.74, 6) is -1.07. The molecule has 0 aliphatic heterocycles. The molecule has 0 fully saturated rings. The SMILES string of the molecule is CC(N)(C(=O)Nc1cc(Cl)ccc1F)c1ccccc1. The van der Waals surface area contributed by atoms with E-state index < -0.39 is 17.3 Å². The number of hydrogen-bond donors (Lipinski definition) is 2. The summed E-state index contributed by atoms with van der Waals surface area (Å²) in [5.41, 5.74) is 5.43. The fraction of sp³-hybridized carbons (Fsp3) is 0.133. The Kier molecular flexibility index (Phi) is 4.06. The molecule has 0 aliphatic carbocycles. The van der Waals surface area contributed by atoms with Crippen LogP contribution in [-0.4, -0.2) is 5.91 Å². The third kappa shape index (κ3) is 2.98. The third-order valence-electron chi connectivity index (χ3n) is 3.02. The molecule has 2 rings (SSSR count). The predicted octanol–water partition coefficient (Wildman–Crippen LogP) is 3.29. The van der Waals surface area contributed by atoms with Gasteiger partial charge in [0, 0.05) is 5.02 Å². The molecule has 3 N–H and O–H groups in total. The highest BCUT2D eigenvalue weighted by Gasteiger charge is 2.30. The maximum atomic E-state index is 13.6. The van der Waals surface area contributed by atoms with Gasteiger partial charge in [0.05, 0.1) is 5.69 Å². The summed E-state index contributed by atoms with van der Waals surface area (Å²) >= 11 is 5.78. The number of nitrogens with one attached hydrogen (secondary N) is 1. The van der Waals surface area contributed by atoms with Crippen LogP contribution in [-0.2, 0) is 10.3 Å². The molecular weight excluding hydrogens is 279 g/mol. The minimum absolute atomic E-state index is 0.00936. The lowest BCUT2D eigenvalue weighted by Crippen LogP contribution is -2.45. The Hall–Kier alpha value is -1.91. The van der Waals surface area contributed by atoms with Crippen molar-refractivity contribution in [3.63, 3.8) is 0 Å². The van der Waals surface area contributed by atoms with Crippen LogP contribution in [0.5, 0.6) is 0 Å². The molecule has 104 valence electrons. The lowest BCUT2D eigenvalue weighted by molar-refractivity contribution is -0.120. The Bertz CT molecular complexity index is 629. The van der Waals surface area contributed by atoms with E-state index in [-0.39, 0.29) is 5.69 Å². The molecule has 2 aromatic rings. The second kappa shape index (κ2) is 5.61. The van der Waals surface area contributed by atoms with Crippen molar-refractivity contribution < 1.29 is 9.18 Å². The van der Waals surface area contributed by atoms with E-state index in [9.17, 15) is 9.18 Å². The molecule has 0 bridgehead atoms. The number of carbonyl (C=O) groups is 1. The van der Waals surface area contributed by atoms with Gasteiger partial charge >= 0.3 is 0 Å². The first-order valence-electron chi connectivity index (χ1n) is 6.02. The monoisotopic (exact) mass is 292 g/mol. The second-order valence-corrected chi connectivity index (χ2v) is 5.08. The molecule has 1 unspecified atom stereocenters. The van der Waals surface area contributed by atoms with Crippen LogP contribution in [0, 0.1) is 5.82 Å². The average molecular weight is 293 g/mol. The molecule has 0 aliphatic rings. The van der Waals surface area contributed by atoms with Gasteiger partial charge in [0.1, 0.15) is 11.4 Å². The fourth-order valence-electron chi connectivity index (χ4n) is 1.76. The Labute approximate surface area is 121 Å². The quantitative estimate of drug-likeness (QED) is 0.912. The largest absolute Gasteiger partial charge is 0.322 e. The van der Waals surface area contributed by atoms with Crippen LogP contribution in [0.1, 0.15) is 12.5 Å². The summed E-state index contributed by atoms with van der Waals surface area (Å²) < 4.78 is 13.6. The van der Waals surface area contributed by atoms with Gasteiger partial charge in [-0.25, -0.2) is 4.39 Å². The smallest absolute Gasteiger partial charge is 0.248 e. The standard InChI is InChI=1S/C15H14ClFN2O/c1-15(18,10-5-3-2-4-6-10)14(20)19-13-9-11(16)7-8-12(13)17/h2-9H,18H2,1H3,(H,19,20). The number of amides is 1. The molecule has 0 aromatic heterocycles. The van der Waals surface area contributed by atoms with Crippen molar-refractivity contribution in [2.75, 3.05) is 5.32 Å². The van der Waals surface area contributed by atoms with Gasteiger partial charge in [-0.3, -0.25) is 4.79 Å². The molecule has 0 saturated carbocycles. The number of benzene rings is 2. The summed E-state index contributed by atoms with van der Waals surface area (Å²) in [6.07, 6.45) is 0. The first kappa shape index (κ1) is 14.5. The normalized spacial score (nSPS) is 13.6. The van der Waals surface area contributed by atoms with E-state index >= 15 is 0 Å². The first-order valence-corrected chi connectivity index (χ1v) is 6.40. The fourth-order valence-corrected chi connectivity index (χ4v) is 1.93. The molecular formula is C15H14ClFN2O. The Morgan fingerprint density at radius 2 is 1.90 bits per heavy atom. The van der Waals surface area contributed by atoms with Gasteiger partial charge in [-0.1, -0.05) is 41.9 Å². The number of anilines is 1. The van der Waals surface area contributed by atoms with E-state index in [2.05, 4.69) is 5.32 Å². The van der Waals surface area contributed by atoms with Gasteiger partial charge in [-0.15, -0.1) is 0 Å². The van der Waals surface area contributed by atoms with Gasteiger partial charge in [0.15, 0.2) is 0 Å². The zero-order chi connectivity index (χ0) is 14.8. The summed E-state index contributed by atoms with van der Waals surface area (Å²) in [6, 6.07) is 12.8. The predicted molar refractivity (Wildman–Crippen MR) is 78.0 cm³/mol. The Balaban J connectivity index is 2.26. The van der Waals surface area contributed by atoms with Gasteiger partial charge in [-0.2, -0.15) is 0 Å². The van der Waals surface area contributed by atoms with E-state index in [4.69, 9.17) is 17.3 Å². The molecule has 3 nitrogen and oxygen atoms in total. The summed E-state index contributed by atoms with van der Waals surface area (Å²) in [6.45, 7) is 1.57. The maximum absolute atomic E-state index is 13.6. The first-order chi connectivity index (χ1) is 9.41. The number of carbonyl (C=O) groups excluding carboxylic acids is 1. The minimum Gasteiger partial charge on any atom is -0.322 e.